The van der Waals surface area contributed by atoms with Crippen molar-refractivity contribution in [1.29, 1.82) is 5.26 Å². The van der Waals surface area contributed by atoms with Crippen LogP contribution in [0.1, 0.15) is 58.9 Å². The first kappa shape index (κ1) is 50.0. The van der Waals surface area contributed by atoms with E-state index in [4.69, 9.17) is 0 Å². The van der Waals surface area contributed by atoms with Gasteiger partial charge in [0.2, 0.25) is 11.6 Å². The molecule has 1 aromatic rings. The molecule has 1 aliphatic carbocycles. The zero-order valence-electron chi connectivity index (χ0n) is 30.3. The molecular formula is C32H36N3Na3O11S3. The summed E-state index contributed by atoms with van der Waals surface area (Å²) in [4.78, 5) is 14.8. The largest absolute Gasteiger partial charge is 1.00 e. The van der Waals surface area contributed by atoms with Gasteiger partial charge in [-0.1, -0.05) is 19.1 Å². The number of hydrogen-bond donors (Lipinski definition) is 0. The van der Waals surface area contributed by atoms with Crippen molar-refractivity contribution in [3.05, 3.63) is 70.2 Å². The molecule has 266 valence electrons. The number of carbonyl (C=O) groups excluding carboxylic acids is 1. The van der Waals surface area contributed by atoms with Crippen molar-refractivity contribution in [2.75, 3.05) is 24.6 Å². The predicted octanol–water partition coefficient (Wildman–Crippen LogP) is -6.71. The van der Waals surface area contributed by atoms with Gasteiger partial charge in [-0.2, -0.15) is 18.5 Å². The van der Waals surface area contributed by atoms with Crippen LogP contribution in [-0.4, -0.2) is 58.7 Å². The third-order valence-electron chi connectivity index (χ3n) is 8.99. The normalized spacial score (nSPS) is 20.6. The van der Waals surface area contributed by atoms with Crippen molar-refractivity contribution < 1.29 is 145 Å². The van der Waals surface area contributed by atoms with Gasteiger partial charge < -0.3 is 25.1 Å². The van der Waals surface area contributed by atoms with Gasteiger partial charge >= 0.3 is 88.7 Å². The summed E-state index contributed by atoms with van der Waals surface area (Å²) >= 11 is 1.41. The van der Waals surface area contributed by atoms with Gasteiger partial charge in [0, 0.05) is 65.0 Å². The van der Waals surface area contributed by atoms with Crippen LogP contribution in [0.3, 0.4) is 0 Å². The van der Waals surface area contributed by atoms with Crippen LogP contribution < -0.4 is 104 Å². The van der Waals surface area contributed by atoms with Gasteiger partial charge in [-0.15, -0.1) is 0 Å². The summed E-state index contributed by atoms with van der Waals surface area (Å²) in [6.45, 7) is 7.94. The number of allylic oxidation sites excluding steroid dienone is 7. The summed E-state index contributed by atoms with van der Waals surface area (Å²) in [5.74, 6) is -3.33. The molecule has 3 aliphatic rings. The second kappa shape index (κ2) is 22.7. The number of nitriles is 1. The quantitative estimate of drug-likeness (QED) is 0.0290. The van der Waals surface area contributed by atoms with Crippen LogP contribution >= 0.6 is 24.1 Å². The van der Waals surface area contributed by atoms with E-state index in [9.17, 15) is 38.6 Å². The molecule has 1 aromatic carbocycles. The zero-order valence-corrected chi connectivity index (χ0v) is 38.8. The molecule has 0 aromatic heterocycles. The van der Waals surface area contributed by atoms with E-state index in [1.54, 1.807) is 13.0 Å². The van der Waals surface area contributed by atoms with E-state index in [0.29, 0.717) is 53.9 Å². The fourth-order valence-corrected chi connectivity index (χ4v) is 7.96. The van der Waals surface area contributed by atoms with Gasteiger partial charge in [0.15, 0.2) is 5.71 Å². The summed E-state index contributed by atoms with van der Waals surface area (Å²) in [6.07, 6.45) is 7.66. The topological polar surface area (TPSA) is 210 Å². The van der Waals surface area contributed by atoms with Crippen LogP contribution in [0, 0.1) is 23.2 Å². The minimum absolute atomic E-state index is 0. The number of hydrogen-bond acceptors (Lipinski definition) is 14. The maximum absolute atomic E-state index is 14.0. The van der Waals surface area contributed by atoms with Crippen molar-refractivity contribution in [2.45, 2.75) is 63.7 Å². The molecule has 0 saturated heterocycles. The fraction of sp³-hybridized carbons (Fsp3) is 0.469. The molecular weight excluding hydrogens is 768 g/mol. The fourth-order valence-electron chi connectivity index (χ4n) is 6.64. The summed E-state index contributed by atoms with van der Waals surface area (Å²) in [5, 5.41) is 51.4. The molecule has 2 unspecified atom stereocenters. The van der Waals surface area contributed by atoms with E-state index in [1.165, 1.54) is 0 Å². The van der Waals surface area contributed by atoms with Crippen LogP contribution in [0.2, 0.25) is 0 Å². The van der Waals surface area contributed by atoms with Crippen molar-refractivity contribution in [2.24, 2.45) is 11.8 Å². The Morgan fingerprint density at radius 2 is 1.81 bits per heavy atom. The Hall–Kier alpha value is -0.0200. The Balaban J connectivity index is 0.00000451. The minimum atomic E-state index is -4.36. The Kier molecular flexibility index (Phi) is 21.8. The van der Waals surface area contributed by atoms with E-state index in [2.05, 4.69) is 29.4 Å². The number of nitrogens with zero attached hydrogens (tertiary/aromatic N) is 3. The van der Waals surface area contributed by atoms with Gasteiger partial charge in [-0.25, -0.2) is 8.42 Å². The maximum atomic E-state index is 14.0. The third-order valence-corrected chi connectivity index (χ3v) is 10.8. The SMILES string of the molecule is CC=C1CCC(C=CC2=[N+](CCCCS(=O)(=O)[O-])c3ccc(SOO[O-])cc3C2(C)C)=C1C1=C([O-])N(CCSOO[O-])C(=O)C(C#N)C1C.[Na+].[Na+].[Na+]. The molecule has 2 aliphatic heterocycles. The molecule has 0 radical (unpaired) electrons. The maximum Gasteiger partial charge on any atom is 1.00 e. The summed E-state index contributed by atoms with van der Waals surface area (Å²) < 4.78 is 44.6. The Bertz CT molecular complexity index is 1760. The van der Waals surface area contributed by atoms with Crippen LogP contribution in [0.25, 0.3) is 0 Å². The van der Waals surface area contributed by atoms with Crippen LogP contribution in [-0.2, 0) is 39.1 Å². The van der Waals surface area contributed by atoms with Crippen LogP contribution in [0.5, 0.6) is 0 Å². The molecule has 52 heavy (non-hydrogen) atoms. The summed E-state index contributed by atoms with van der Waals surface area (Å²) in [6, 6.07) is 7.58. The zero-order chi connectivity index (χ0) is 35.9. The molecule has 1 amide bonds. The van der Waals surface area contributed by atoms with Gasteiger partial charge in [0.1, 0.15) is 12.5 Å². The summed E-state index contributed by atoms with van der Waals surface area (Å²) in [7, 11) is -4.36. The molecule has 0 saturated carbocycles. The van der Waals surface area contributed by atoms with E-state index in [-0.39, 0.29) is 107 Å². The van der Waals surface area contributed by atoms with Crippen LogP contribution in [0.4, 0.5) is 5.69 Å². The minimum Gasteiger partial charge on any atom is -0.860 e. The summed E-state index contributed by atoms with van der Waals surface area (Å²) in [5.41, 5.74) is 4.87. The molecule has 0 N–H and O–H groups in total. The third kappa shape index (κ3) is 11.8. The van der Waals surface area contributed by atoms with Gasteiger partial charge in [-0.3, -0.25) is 14.9 Å². The average Bonchev–Trinajstić information content (AvgIpc) is 3.55. The Morgan fingerprint density at radius 3 is 2.42 bits per heavy atom. The van der Waals surface area contributed by atoms with Crippen molar-refractivity contribution >= 4 is 51.5 Å². The first-order valence-electron chi connectivity index (χ1n) is 15.4. The second-order valence-electron chi connectivity index (χ2n) is 12.1. The van der Waals surface area contributed by atoms with Crippen molar-refractivity contribution in [1.82, 2.24) is 4.90 Å². The smallest absolute Gasteiger partial charge is 0.860 e. The first-order valence-corrected chi connectivity index (χ1v) is 18.7. The average molecular weight is 804 g/mol. The molecule has 2 heterocycles. The molecule has 0 bridgehead atoms. The van der Waals surface area contributed by atoms with E-state index < -0.39 is 44.9 Å². The molecule has 4 rings (SSSR count). The van der Waals surface area contributed by atoms with Crippen LogP contribution in [0.15, 0.2) is 69.5 Å². The van der Waals surface area contributed by atoms with Gasteiger partial charge in [0.25, 0.3) is 0 Å². The number of unbranched alkanes of at least 4 members (excludes halogenated alkanes) is 1. The van der Waals surface area contributed by atoms with Crippen molar-refractivity contribution in [3.8, 4) is 6.07 Å². The monoisotopic (exact) mass is 803 g/mol. The number of amides is 1. The Labute approximate surface area is 379 Å². The number of fused-ring (bicyclic) bond motifs is 1. The first-order chi connectivity index (χ1) is 23.3. The molecule has 2 atom stereocenters. The number of rotatable bonds is 16. The van der Waals surface area contributed by atoms with E-state index >= 15 is 0 Å². The molecule has 0 fully saturated rings. The van der Waals surface area contributed by atoms with E-state index in [0.717, 1.165) is 45.1 Å². The number of carbonyl (C=O) groups is 1. The van der Waals surface area contributed by atoms with Crippen molar-refractivity contribution in [3.63, 3.8) is 0 Å². The Morgan fingerprint density at radius 1 is 1.12 bits per heavy atom. The molecule has 20 heteroatoms. The molecule has 0 spiro atoms. The molecule has 14 nitrogen and oxygen atoms in total. The number of benzene rings is 1. The standard InChI is InChI=1S/C32H39N3O11S3.3Na/c1-5-21-8-9-22(29(21)28-20(2)24(19-33)30(36)35(31(28)37)15-16-47-45-43-38)10-13-27-32(3,4)25-18-23(48-46-44-39)11-12-26(25)34(27)14-6-7-17-49(40,41)42;;;/h5,10-13,18,20,24,38-39H,6-9,14-17H2,1-4H3,(H,40,41,42);;;/q;3*+1/p-3. The van der Waals surface area contributed by atoms with E-state index in [1.807, 2.05) is 51.1 Å². The van der Waals surface area contributed by atoms with Gasteiger partial charge in [-0.05, 0) is 80.3 Å². The second-order valence-corrected chi connectivity index (χ2v) is 15.2. The predicted molar refractivity (Wildman–Crippen MR) is 172 cm³/mol. The van der Waals surface area contributed by atoms with Gasteiger partial charge in [0.05, 0.1) is 33.6 Å².